The summed E-state index contributed by atoms with van der Waals surface area (Å²) in [5.74, 6) is -1.79. The first kappa shape index (κ1) is 22.8. The highest BCUT2D eigenvalue weighted by Crippen LogP contribution is 2.44. The molecule has 33 heavy (non-hydrogen) atoms. The normalized spacial score (nSPS) is 19.4. The predicted molar refractivity (Wildman–Crippen MR) is 124 cm³/mol. The SMILES string of the molecule is CC(C)C(CNC(=O)OCC1c2ccccc2-c2ccccc21)C(=O)NC[C@H]1C[C@H]1C(=O)O. The number of rotatable bonds is 9. The van der Waals surface area contributed by atoms with Gasteiger partial charge in [-0.25, -0.2) is 4.79 Å². The maximum atomic E-state index is 12.6. The molecular weight excluding hydrogens is 420 g/mol. The molecule has 0 heterocycles. The molecule has 0 saturated heterocycles. The average Bonchev–Trinajstić information content (AvgIpc) is 3.52. The van der Waals surface area contributed by atoms with E-state index < -0.39 is 18.0 Å². The van der Waals surface area contributed by atoms with Crippen LogP contribution >= 0.6 is 0 Å². The third-order valence-electron chi connectivity index (χ3n) is 6.73. The van der Waals surface area contributed by atoms with Gasteiger partial charge in [-0.05, 0) is 40.5 Å². The largest absolute Gasteiger partial charge is 0.481 e. The van der Waals surface area contributed by atoms with E-state index in [0.717, 1.165) is 11.1 Å². The van der Waals surface area contributed by atoms with Crippen LogP contribution in [0.4, 0.5) is 4.79 Å². The number of carbonyl (C=O) groups excluding carboxylic acids is 2. The average molecular weight is 451 g/mol. The van der Waals surface area contributed by atoms with E-state index in [1.165, 1.54) is 11.1 Å². The van der Waals surface area contributed by atoms with Crippen LogP contribution in [-0.2, 0) is 14.3 Å². The van der Waals surface area contributed by atoms with Gasteiger partial charge in [0.25, 0.3) is 0 Å². The van der Waals surface area contributed by atoms with E-state index in [9.17, 15) is 14.4 Å². The van der Waals surface area contributed by atoms with E-state index in [1.807, 2.05) is 38.1 Å². The first-order valence-corrected chi connectivity index (χ1v) is 11.5. The van der Waals surface area contributed by atoms with E-state index in [2.05, 4.69) is 34.9 Å². The molecule has 0 aromatic heterocycles. The summed E-state index contributed by atoms with van der Waals surface area (Å²) >= 11 is 0. The second kappa shape index (κ2) is 9.65. The van der Waals surface area contributed by atoms with Crippen LogP contribution < -0.4 is 10.6 Å². The first-order valence-electron chi connectivity index (χ1n) is 11.5. The van der Waals surface area contributed by atoms with Crippen molar-refractivity contribution >= 4 is 18.0 Å². The fourth-order valence-corrected chi connectivity index (χ4v) is 4.61. The number of hydrogen-bond donors (Lipinski definition) is 3. The number of amides is 2. The van der Waals surface area contributed by atoms with Crippen molar-refractivity contribution < 1.29 is 24.2 Å². The topological polar surface area (TPSA) is 105 Å². The van der Waals surface area contributed by atoms with Crippen LogP contribution in [0.5, 0.6) is 0 Å². The molecule has 7 nitrogen and oxygen atoms in total. The summed E-state index contributed by atoms with van der Waals surface area (Å²) in [4.78, 5) is 36.0. The molecule has 2 aliphatic rings. The molecule has 1 saturated carbocycles. The van der Waals surface area contributed by atoms with Crippen molar-refractivity contribution in [1.82, 2.24) is 10.6 Å². The van der Waals surface area contributed by atoms with Gasteiger partial charge in [-0.2, -0.15) is 0 Å². The molecule has 2 aromatic rings. The number of aliphatic carboxylic acids is 1. The molecular formula is C26H30N2O5. The van der Waals surface area contributed by atoms with Crippen LogP contribution in [0.15, 0.2) is 48.5 Å². The predicted octanol–water partition coefficient (Wildman–Crippen LogP) is 3.63. The molecule has 0 aliphatic heterocycles. The molecule has 4 rings (SSSR count). The molecule has 2 aromatic carbocycles. The van der Waals surface area contributed by atoms with Gasteiger partial charge in [0.05, 0.1) is 11.8 Å². The zero-order valence-corrected chi connectivity index (χ0v) is 18.9. The van der Waals surface area contributed by atoms with E-state index in [1.54, 1.807) is 0 Å². The number of carboxylic acid groups (broad SMARTS) is 1. The minimum absolute atomic E-state index is 0.00523. The minimum Gasteiger partial charge on any atom is -0.481 e. The van der Waals surface area contributed by atoms with Crippen molar-refractivity contribution in [1.29, 1.82) is 0 Å². The summed E-state index contributed by atoms with van der Waals surface area (Å²) in [6.07, 6.45) is 0.0448. The van der Waals surface area contributed by atoms with Crippen molar-refractivity contribution in [3.63, 3.8) is 0 Å². The number of alkyl carbamates (subject to hydrolysis) is 1. The molecule has 0 radical (unpaired) electrons. The van der Waals surface area contributed by atoms with Crippen molar-refractivity contribution in [3.8, 4) is 11.1 Å². The molecule has 0 bridgehead atoms. The van der Waals surface area contributed by atoms with Crippen molar-refractivity contribution in [2.24, 2.45) is 23.7 Å². The number of carbonyl (C=O) groups is 3. The lowest BCUT2D eigenvalue weighted by Crippen LogP contribution is -2.42. The van der Waals surface area contributed by atoms with Crippen molar-refractivity contribution in [3.05, 3.63) is 59.7 Å². The highest BCUT2D eigenvalue weighted by atomic mass is 16.5. The highest BCUT2D eigenvalue weighted by molar-refractivity contribution is 5.81. The fourth-order valence-electron chi connectivity index (χ4n) is 4.61. The fraction of sp³-hybridized carbons (Fsp3) is 0.423. The Bertz CT molecular complexity index is 1000. The van der Waals surface area contributed by atoms with Crippen LogP contribution in [0, 0.1) is 23.7 Å². The van der Waals surface area contributed by atoms with Crippen molar-refractivity contribution in [2.45, 2.75) is 26.2 Å². The highest BCUT2D eigenvalue weighted by Gasteiger charge is 2.43. The van der Waals surface area contributed by atoms with Crippen molar-refractivity contribution in [2.75, 3.05) is 19.7 Å². The van der Waals surface area contributed by atoms with E-state index in [-0.39, 0.29) is 42.7 Å². The van der Waals surface area contributed by atoms with Crippen LogP contribution in [0.1, 0.15) is 37.3 Å². The molecule has 3 atom stereocenters. The monoisotopic (exact) mass is 450 g/mol. The van der Waals surface area contributed by atoms with Crippen LogP contribution in [0.25, 0.3) is 11.1 Å². The maximum absolute atomic E-state index is 12.6. The van der Waals surface area contributed by atoms with Gasteiger partial charge in [0.2, 0.25) is 5.91 Å². The van der Waals surface area contributed by atoms with Gasteiger partial charge in [0.15, 0.2) is 0 Å². The first-order chi connectivity index (χ1) is 15.9. The molecule has 3 N–H and O–H groups in total. The summed E-state index contributed by atoms with van der Waals surface area (Å²) in [5, 5.41) is 14.6. The van der Waals surface area contributed by atoms with Gasteiger partial charge in [0, 0.05) is 19.0 Å². The number of fused-ring (bicyclic) bond motifs is 3. The number of hydrogen-bond acceptors (Lipinski definition) is 4. The molecule has 1 unspecified atom stereocenters. The lowest BCUT2D eigenvalue weighted by atomic mass is 9.95. The minimum atomic E-state index is -0.813. The molecule has 2 aliphatic carbocycles. The lowest BCUT2D eigenvalue weighted by molar-refractivity contribution is -0.139. The summed E-state index contributed by atoms with van der Waals surface area (Å²) in [7, 11) is 0. The molecule has 0 spiro atoms. The van der Waals surface area contributed by atoms with Crippen LogP contribution in [-0.4, -0.2) is 42.8 Å². The van der Waals surface area contributed by atoms with Crippen LogP contribution in [0.2, 0.25) is 0 Å². The van der Waals surface area contributed by atoms with Gasteiger partial charge in [0.1, 0.15) is 6.61 Å². The van der Waals surface area contributed by atoms with Gasteiger partial charge >= 0.3 is 12.1 Å². The Labute approximate surface area is 193 Å². The number of nitrogens with one attached hydrogen (secondary N) is 2. The number of carboxylic acids is 1. The summed E-state index contributed by atoms with van der Waals surface area (Å²) in [5.41, 5.74) is 4.62. The number of ether oxygens (including phenoxy) is 1. The zero-order valence-electron chi connectivity index (χ0n) is 18.9. The Morgan fingerprint density at radius 2 is 1.61 bits per heavy atom. The van der Waals surface area contributed by atoms with Gasteiger partial charge in [-0.1, -0.05) is 62.4 Å². The van der Waals surface area contributed by atoms with E-state index >= 15 is 0 Å². The van der Waals surface area contributed by atoms with Gasteiger partial charge in [-0.3, -0.25) is 9.59 Å². The lowest BCUT2D eigenvalue weighted by Gasteiger charge is -2.21. The summed E-state index contributed by atoms with van der Waals surface area (Å²) in [6.45, 7) is 4.56. The van der Waals surface area contributed by atoms with E-state index in [4.69, 9.17) is 9.84 Å². The molecule has 7 heteroatoms. The second-order valence-corrected chi connectivity index (χ2v) is 9.24. The Hall–Kier alpha value is -3.35. The summed E-state index contributed by atoms with van der Waals surface area (Å²) in [6, 6.07) is 16.3. The Morgan fingerprint density at radius 3 is 2.15 bits per heavy atom. The van der Waals surface area contributed by atoms with E-state index in [0.29, 0.717) is 13.0 Å². The van der Waals surface area contributed by atoms with Gasteiger partial charge in [-0.15, -0.1) is 0 Å². The molecule has 1 fully saturated rings. The summed E-state index contributed by atoms with van der Waals surface area (Å²) < 4.78 is 5.55. The maximum Gasteiger partial charge on any atom is 0.407 e. The molecule has 2 amide bonds. The smallest absolute Gasteiger partial charge is 0.407 e. The third kappa shape index (κ3) is 5.02. The Morgan fingerprint density at radius 1 is 1.00 bits per heavy atom. The second-order valence-electron chi connectivity index (χ2n) is 9.24. The van der Waals surface area contributed by atoms with Crippen LogP contribution in [0.3, 0.4) is 0 Å². The standard InChI is InChI=1S/C26H30N2O5/c1-15(2)22(24(29)27-12-16-11-21(16)25(30)31)13-28-26(32)33-14-23-19-9-5-3-7-17(19)18-8-4-6-10-20(18)23/h3-10,15-16,21-23H,11-14H2,1-2H3,(H,27,29)(H,28,32)(H,30,31)/t16-,21-,22?/m1/s1. The quantitative estimate of drug-likeness (QED) is 0.541. The third-order valence-corrected chi connectivity index (χ3v) is 6.73. The Kier molecular flexibility index (Phi) is 6.67. The van der Waals surface area contributed by atoms with Gasteiger partial charge < -0.3 is 20.5 Å². The number of benzene rings is 2. The Balaban J connectivity index is 1.29. The zero-order chi connectivity index (χ0) is 23.5. The molecule has 174 valence electrons.